The highest BCUT2D eigenvalue weighted by Gasteiger charge is 2.29. The molecule has 0 unspecified atom stereocenters. The van der Waals surface area contributed by atoms with E-state index in [1.54, 1.807) is 0 Å². The number of rotatable bonds is 2. The molecule has 0 saturated carbocycles. The molecule has 0 radical (unpaired) electrons. The van der Waals surface area contributed by atoms with Gasteiger partial charge in [-0.1, -0.05) is 18.2 Å². The Bertz CT molecular complexity index is 958. The van der Waals surface area contributed by atoms with E-state index in [1.807, 2.05) is 31.2 Å². The lowest BCUT2D eigenvalue weighted by molar-refractivity contribution is -0.137. The highest BCUT2D eigenvalue weighted by atomic mass is 19.4. The van der Waals surface area contributed by atoms with Crippen LogP contribution in [-0.2, 0) is 6.18 Å². The number of imidazole rings is 1. The Morgan fingerprint density at radius 3 is 2.50 bits per heavy atom. The van der Waals surface area contributed by atoms with Crippen LogP contribution in [0.2, 0.25) is 0 Å². The molecule has 0 aliphatic heterocycles. The molecule has 1 N–H and O–H groups in total. The minimum absolute atomic E-state index is 0.253. The first-order valence-electron chi connectivity index (χ1n) is 7.12. The molecule has 0 spiro atoms. The quantitative estimate of drug-likeness (QED) is 0.677. The largest absolute Gasteiger partial charge is 0.416 e. The predicted molar refractivity (Wildman–Crippen MR) is 85.8 cm³/mol. The van der Waals surface area contributed by atoms with E-state index in [1.165, 1.54) is 18.2 Å². The fourth-order valence-corrected chi connectivity index (χ4v) is 2.34. The molecule has 1 aromatic heterocycles. The first-order valence-corrected chi connectivity index (χ1v) is 7.12. The summed E-state index contributed by atoms with van der Waals surface area (Å²) in [6.45, 7) is 1.95. The van der Waals surface area contributed by atoms with E-state index in [4.69, 9.17) is 0 Å². The molecule has 0 fully saturated rings. The van der Waals surface area contributed by atoms with Gasteiger partial charge in [-0.25, -0.2) is 4.98 Å². The van der Waals surface area contributed by atoms with Crippen molar-refractivity contribution in [3.63, 3.8) is 0 Å². The van der Waals surface area contributed by atoms with Gasteiger partial charge in [0.1, 0.15) is 11.9 Å². The molecule has 3 rings (SSSR count). The van der Waals surface area contributed by atoms with E-state index >= 15 is 0 Å². The lowest BCUT2D eigenvalue weighted by Crippen LogP contribution is -2.04. The maximum Gasteiger partial charge on any atom is 0.416 e. The molecule has 3 nitrogen and oxygen atoms in total. The zero-order valence-corrected chi connectivity index (χ0v) is 12.6. The van der Waals surface area contributed by atoms with Gasteiger partial charge in [0.15, 0.2) is 0 Å². The number of nitriles is 1. The van der Waals surface area contributed by atoms with Gasteiger partial charge in [-0.15, -0.1) is 0 Å². The van der Waals surface area contributed by atoms with Gasteiger partial charge in [0.25, 0.3) is 0 Å². The summed E-state index contributed by atoms with van der Waals surface area (Å²) < 4.78 is 37.7. The normalized spacial score (nSPS) is 12.4. The van der Waals surface area contributed by atoms with Gasteiger partial charge in [-0.3, -0.25) is 0 Å². The Morgan fingerprint density at radius 1 is 1.17 bits per heavy atom. The van der Waals surface area contributed by atoms with Gasteiger partial charge >= 0.3 is 6.18 Å². The van der Waals surface area contributed by atoms with Crippen molar-refractivity contribution < 1.29 is 13.2 Å². The van der Waals surface area contributed by atoms with Crippen LogP contribution in [-0.4, -0.2) is 9.97 Å². The molecule has 2 aromatic carbocycles. The number of halogens is 3. The number of hydrogen-bond acceptors (Lipinski definition) is 2. The number of allylic oxidation sites excluding steroid dienone is 1. The number of H-pyrrole nitrogens is 1. The summed E-state index contributed by atoms with van der Waals surface area (Å²) in [6.07, 6.45) is -2.87. The zero-order chi connectivity index (χ0) is 17.3. The second-order valence-electron chi connectivity index (χ2n) is 5.40. The number of alkyl halides is 3. The Kier molecular flexibility index (Phi) is 3.86. The van der Waals surface area contributed by atoms with Crippen LogP contribution < -0.4 is 0 Å². The molecule has 6 heteroatoms. The number of aromatic nitrogens is 2. The fraction of sp³-hybridized carbons (Fsp3) is 0.111. The molecule has 3 aromatic rings. The summed E-state index contributed by atoms with van der Waals surface area (Å²) in [6, 6.07) is 12.3. The minimum Gasteiger partial charge on any atom is -0.337 e. The molecule has 0 bridgehead atoms. The van der Waals surface area contributed by atoms with Crippen molar-refractivity contribution in [3.05, 3.63) is 65.0 Å². The topological polar surface area (TPSA) is 52.5 Å². The molecule has 24 heavy (non-hydrogen) atoms. The Labute approximate surface area is 136 Å². The van der Waals surface area contributed by atoms with E-state index in [0.717, 1.165) is 28.7 Å². The Hall–Kier alpha value is -3.07. The molecule has 0 saturated heterocycles. The van der Waals surface area contributed by atoms with E-state index in [0.29, 0.717) is 11.4 Å². The maximum atomic E-state index is 12.6. The standard InChI is InChI=1S/C18H12F3N3/c1-11-2-7-15-16(8-11)24-17(23-15)13(10-22)9-12-3-5-14(6-4-12)18(19,20)21/h2-9H,1H3,(H,23,24). The lowest BCUT2D eigenvalue weighted by Gasteiger charge is -2.06. The molecule has 0 aliphatic rings. The highest BCUT2D eigenvalue weighted by molar-refractivity contribution is 5.90. The summed E-state index contributed by atoms with van der Waals surface area (Å²) >= 11 is 0. The number of benzene rings is 2. The van der Waals surface area contributed by atoms with Crippen LogP contribution in [0.5, 0.6) is 0 Å². The molecule has 120 valence electrons. The molecule has 0 amide bonds. The average molecular weight is 327 g/mol. The molecular formula is C18H12F3N3. The van der Waals surface area contributed by atoms with Crippen LogP contribution in [0, 0.1) is 18.3 Å². The number of fused-ring (bicyclic) bond motifs is 1. The highest BCUT2D eigenvalue weighted by Crippen LogP contribution is 2.29. The van der Waals surface area contributed by atoms with Crippen LogP contribution in [0.1, 0.15) is 22.5 Å². The van der Waals surface area contributed by atoms with E-state index in [2.05, 4.69) is 9.97 Å². The number of nitrogens with zero attached hydrogens (tertiary/aromatic N) is 2. The smallest absolute Gasteiger partial charge is 0.337 e. The van der Waals surface area contributed by atoms with Gasteiger partial charge in [-0.05, 0) is 48.4 Å². The van der Waals surface area contributed by atoms with Crippen LogP contribution in [0.4, 0.5) is 13.2 Å². The summed E-state index contributed by atoms with van der Waals surface area (Å²) in [5.74, 6) is 0.387. The first-order chi connectivity index (χ1) is 11.4. The van der Waals surface area contributed by atoms with Gasteiger partial charge in [0.2, 0.25) is 0 Å². The van der Waals surface area contributed by atoms with E-state index < -0.39 is 11.7 Å². The Morgan fingerprint density at radius 2 is 1.88 bits per heavy atom. The number of aryl methyl sites for hydroxylation is 1. The van der Waals surface area contributed by atoms with E-state index in [9.17, 15) is 18.4 Å². The minimum atomic E-state index is -4.38. The summed E-state index contributed by atoms with van der Waals surface area (Å²) in [7, 11) is 0. The van der Waals surface area contributed by atoms with Crippen molar-refractivity contribution in [1.82, 2.24) is 9.97 Å². The number of hydrogen-bond donors (Lipinski definition) is 1. The summed E-state index contributed by atoms with van der Waals surface area (Å²) in [5.41, 5.74) is 2.61. The molecule has 0 atom stereocenters. The zero-order valence-electron chi connectivity index (χ0n) is 12.6. The molecule has 1 heterocycles. The van der Waals surface area contributed by atoms with Gasteiger partial charge in [0, 0.05) is 0 Å². The van der Waals surface area contributed by atoms with Crippen LogP contribution >= 0.6 is 0 Å². The van der Waals surface area contributed by atoms with Gasteiger partial charge in [0.05, 0.1) is 22.2 Å². The van der Waals surface area contributed by atoms with Crippen LogP contribution in [0.15, 0.2) is 42.5 Å². The fourth-order valence-electron chi connectivity index (χ4n) is 2.34. The van der Waals surface area contributed by atoms with Crippen molar-refractivity contribution in [3.8, 4) is 6.07 Å². The van der Waals surface area contributed by atoms with Crippen molar-refractivity contribution in [2.24, 2.45) is 0 Å². The van der Waals surface area contributed by atoms with Crippen molar-refractivity contribution in [1.29, 1.82) is 5.26 Å². The van der Waals surface area contributed by atoms with Crippen molar-refractivity contribution in [2.45, 2.75) is 13.1 Å². The summed E-state index contributed by atoms with van der Waals surface area (Å²) in [5, 5.41) is 9.35. The van der Waals surface area contributed by atoms with Gasteiger partial charge < -0.3 is 4.98 Å². The monoisotopic (exact) mass is 327 g/mol. The van der Waals surface area contributed by atoms with Crippen LogP contribution in [0.3, 0.4) is 0 Å². The van der Waals surface area contributed by atoms with Gasteiger partial charge in [-0.2, -0.15) is 18.4 Å². The summed E-state index contributed by atoms with van der Waals surface area (Å²) in [4.78, 5) is 7.41. The van der Waals surface area contributed by atoms with Crippen molar-refractivity contribution >= 4 is 22.7 Å². The third-order valence-electron chi connectivity index (χ3n) is 3.56. The number of nitrogens with one attached hydrogen (secondary N) is 1. The molecular weight excluding hydrogens is 315 g/mol. The van der Waals surface area contributed by atoms with Crippen LogP contribution in [0.25, 0.3) is 22.7 Å². The third-order valence-corrected chi connectivity index (χ3v) is 3.56. The SMILES string of the molecule is Cc1ccc2nc(C(C#N)=Cc3ccc(C(F)(F)F)cc3)[nH]c2c1. The van der Waals surface area contributed by atoms with Crippen molar-refractivity contribution in [2.75, 3.05) is 0 Å². The second kappa shape index (κ2) is 5.85. The van der Waals surface area contributed by atoms with E-state index in [-0.39, 0.29) is 5.57 Å². The predicted octanol–water partition coefficient (Wildman–Crippen LogP) is 4.95. The number of aromatic amines is 1. The third kappa shape index (κ3) is 3.15. The lowest BCUT2D eigenvalue weighted by atomic mass is 10.1. The maximum absolute atomic E-state index is 12.6. The average Bonchev–Trinajstić information content (AvgIpc) is 2.95. The second-order valence-corrected chi connectivity index (χ2v) is 5.40. The first kappa shape index (κ1) is 15.8. The Balaban J connectivity index is 1.98. The molecule has 0 aliphatic carbocycles.